The molecule has 0 aliphatic heterocycles. The molecule has 0 saturated heterocycles. The molecule has 4 nitrogen and oxygen atoms in total. The van der Waals surface area contributed by atoms with Crippen molar-refractivity contribution in [1.82, 2.24) is 4.90 Å². The van der Waals surface area contributed by atoms with E-state index in [-0.39, 0.29) is 5.91 Å². The molecule has 0 heterocycles. The summed E-state index contributed by atoms with van der Waals surface area (Å²) in [5.41, 5.74) is 5.51. The van der Waals surface area contributed by atoms with E-state index >= 15 is 0 Å². The zero-order valence-corrected chi connectivity index (χ0v) is 12.1. The summed E-state index contributed by atoms with van der Waals surface area (Å²) in [7, 11) is 1.65. The van der Waals surface area contributed by atoms with Gasteiger partial charge in [-0.3, -0.25) is 4.79 Å². The van der Waals surface area contributed by atoms with Gasteiger partial charge < -0.3 is 15.4 Å². The lowest BCUT2D eigenvalue weighted by atomic mass is 10.1. The fourth-order valence-electron chi connectivity index (χ4n) is 1.93. The molecule has 0 saturated carbocycles. The summed E-state index contributed by atoms with van der Waals surface area (Å²) in [6, 6.07) is 0. The van der Waals surface area contributed by atoms with Crippen LogP contribution in [-0.2, 0) is 9.53 Å². The molecular formula is C14H30N2O2. The Morgan fingerprint density at radius 1 is 1.11 bits per heavy atom. The fourth-order valence-corrected chi connectivity index (χ4v) is 1.93. The third-order valence-corrected chi connectivity index (χ3v) is 3.06. The SMILES string of the molecule is CCCCCCCCC(=O)N(CCN)CCOC. The third-order valence-electron chi connectivity index (χ3n) is 3.06. The number of carbonyl (C=O) groups is 1. The van der Waals surface area contributed by atoms with Crippen LogP contribution in [0.15, 0.2) is 0 Å². The second-order valence-corrected chi connectivity index (χ2v) is 4.68. The van der Waals surface area contributed by atoms with Crippen molar-refractivity contribution >= 4 is 5.91 Å². The standard InChI is InChI=1S/C14H30N2O2/c1-3-4-5-6-7-8-9-14(17)16(11-10-15)12-13-18-2/h3-13,15H2,1-2H3. The van der Waals surface area contributed by atoms with Crippen molar-refractivity contribution in [1.29, 1.82) is 0 Å². The first-order chi connectivity index (χ1) is 8.76. The molecule has 0 radical (unpaired) electrons. The Morgan fingerprint density at radius 3 is 2.39 bits per heavy atom. The zero-order chi connectivity index (χ0) is 13.6. The number of hydrogen-bond donors (Lipinski definition) is 1. The van der Waals surface area contributed by atoms with Crippen molar-refractivity contribution < 1.29 is 9.53 Å². The molecule has 0 atom stereocenters. The van der Waals surface area contributed by atoms with Gasteiger partial charge in [0.2, 0.25) is 5.91 Å². The van der Waals surface area contributed by atoms with Gasteiger partial charge in [-0.05, 0) is 6.42 Å². The molecule has 0 spiro atoms. The minimum atomic E-state index is 0.216. The first-order valence-electron chi connectivity index (χ1n) is 7.23. The lowest BCUT2D eigenvalue weighted by molar-refractivity contribution is -0.131. The van der Waals surface area contributed by atoms with Crippen molar-refractivity contribution in [3.05, 3.63) is 0 Å². The Balaban J connectivity index is 3.67. The van der Waals surface area contributed by atoms with Crippen LogP contribution >= 0.6 is 0 Å². The third kappa shape index (κ3) is 9.42. The summed E-state index contributed by atoms with van der Waals surface area (Å²) in [6.07, 6.45) is 7.91. The lowest BCUT2D eigenvalue weighted by Gasteiger charge is -2.21. The van der Waals surface area contributed by atoms with Crippen molar-refractivity contribution in [2.24, 2.45) is 5.73 Å². The summed E-state index contributed by atoms with van der Waals surface area (Å²) >= 11 is 0. The van der Waals surface area contributed by atoms with Gasteiger partial charge in [-0.15, -0.1) is 0 Å². The highest BCUT2D eigenvalue weighted by atomic mass is 16.5. The van der Waals surface area contributed by atoms with Crippen LogP contribution in [-0.4, -0.2) is 44.2 Å². The highest BCUT2D eigenvalue weighted by Crippen LogP contribution is 2.08. The molecule has 0 rings (SSSR count). The highest BCUT2D eigenvalue weighted by Gasteiger charge is 2.11. The van der Waals surface area contributed by atoms with Crippen molar-refractivity contribution in [2.75, 3.05) is 33.4 Å². The number of rotatable bonds is 12. The Kier molecular flexibility index (Phi) is 12.4. The second-order valence-electron chi connectivity index (χ2n) is 4.68. The largest absolute Gasteiger partial charge is 0.383 e. The number of carbonyl (C=O) groups excluding carboxylic acids is 1. The van der Waals surface area contributed by atoms with Gasteiger partial charge in [-0.25, -0.2) is 0 Å². The Labute approximate surface area is 112 Å². The zero-order valence-electron chi connectivity index (χ0n) is 12.1. The van der Waals surface area contributed by atoms with Crippen LogP contribution in [0.4, 0.5) is 0 Å². The van der Waals surface area contributed by atoms with Crippen molar-refractivity contribution in [3.63, 3.8) is 0 Å². The van der Waals surface area contributed by atoms with Crippen LogP contribution < -0.4 is 5.73 Å². The molecule has 0 bridgehead atoms. The van der Waals surface area contributed by atoms with E-state index in [0.717, 1.165) is 12.8 Å². The first-order valence-corrected chi connectivity index (χ1v) is 7.23. The Bertz CT molecular complexity index is 198. The van der Waals surface area contributed by atoms with Crippen LogP contribution in [0, 0.1) is 0 Å². The van der Waals surface area contributed by atoms with E-state index in [1.807, 2.05) is 4.90 Å². The van der Waals surface area contributed by atoms with E-state index in [0.29, 0.717) is 32.7 Å². The van der Waals surface area contributed by atoms with Crippen LogP contribution in [0.2, 0.25) is 0 Å². The average molecular weight is 258 g/mol. The topological polar surface area (TPSA) is 55.6 Å². The number of unbranched alkanes of at least 4 members (excludes halogenated alkanes) is 5. The molecule has 0 aliphatic carbocycles. The van der Waals surface area contributed by atoms with Crippen LogP contribution in [0.1, 0.15) is 51.9 Å². The van der Waals surface area contributed by atoms with Crippen LogP contribution in [0.5, 0.6) is 0 Å². The minimum absolute atomic E-state index is 0.216. The maximum atomic E-state index is 11.9. The number of amides is 1. The molecule has 108 valence electrons. The van der Waals surface area contributed by atoms with Gasteiger partial charge in [0, 0.05) is 33.2 Å². The van der Waals surface area contributed by atoms with Gasteiger partial charge >= 0.3 is 0 Å². The number of nitrogens with two attached hydrogens (primary N) is 1. The summed E-state index contributed by atoms with van der Waals surface area (Å²) < 4.78 is 5.00. The summed E-state index contributed by atoms with van der Waals surface area (Å²) in [4.78, 5) is 13.8. The van der Waals surface area contributed by atoms with Gasteiger partial charge in [0.15, 0.2) is 0 Å². The van der Waals surface area contributed by atoms with E-state index < -0.39 is 0 Å². The molecule has 0 aliphatic rings. The number of nitrogens with zero attached hydrogens (tertiary/aromatic N) is 1. The summed E-state index contributed by atoms with van der Waals surface area (Å²) in [6.45, 7) is 4.61. The van der Waals surface area contributed by atoms with Crippen LogP contribution in [0.3, 0.4) is 0 Å². The number of hydrogen-bond acceptors (Lipinski definition) is 3. The van der Waals surface area contributed by atoms with E-state index in [1.165, 1.54) is 25.7 Å². The molecule has 0 aromatic rings. The summed E-state index contributed by atoms with van der Waals surface area (Å²) in [5, 5.41) is 0. The molecule has 0 unspecified atom stereocenters. The maximum absolute atomic E-state index is 11.9. The van der Waals surface area contributed by atoms with Gasteiger partial charge in [-0.1, -0.05) is 39.0 Å². The Morgan fingerprint density at radius 2 is 1.78 bits per heavy atom. The van der Waals surface area contributed by atoms with E-state index in [9.17, 15) is 4.79 Å². The number of methoxy groups -OCH3 is 1. The van der Waals surface area contributed by atoms with E-state index in [2.05, 4.69) is 6.92 Å². The minimum Gasteiger partial charge on any atom is -0.383 e. The lowest BCUT2D eigenvalue weighted by Crippen LogP contribution is -2.37. The molecule has 0 aromatic heterocycles. The molecule has 0 aromatic carbocycles. The molecule has 4 heteroatoms. The predicted molar refractivity (Wildman–Crippen MR) is 75.5 cm³/mol. The van der Waals surface area contributed by atoms with Crippen molar-refractivity contribution in [3.8, 4) is 0 Å². The van der Waals surface area contributed by atoms with Gasteiger partial charge in [0.1, 0.15) is 0 Å². The smallest absolute Gasteiger partial charge is 0.222 e. The first kappa shape index (κ1) is 17.4. The fraction of sp³-hybridized carbons (Fsp3) is 0.929. The quantitative estimate of drug-likeness (QED) is 0.546. The van der Waals surface area contributed by atoms with Crippen molar-refractivity contribution in [2.45, 2.75) is 51.9 Å². The molecule has 18 heavy (non-hydrogen) atoms. The van der Waals surface area contributed by atoms with Gasteiger partial charge in [0.05, 0.1) is 6.61 Å². The van der Waals surface area contributed by atoms with Gasteiger partial charge in [0.25, 0.3) is 0 Å². The molecule has 2 N–H and O–H groups in total. The van der Waals surface area contributed by atoms with E-state index in [4.69, 9.17) is 10.5 Å². The molecule has 1 amide bonds. The maximum Gasteiger partial charge on any atom is 0.222 e. The second kappa shape index (κ2) is 12.8. The number of ether oxygens (including phenoxy) is 1. The average Bonchev–Trinajstić information content (AvgIpc) is 2.38. The highest BCUT2D eigenvalue weighted by molar-refractivity contribution is 5.76. The monoisotopic (exact) mass is 258 g/mol. The van der Waals surface area contributed by atoms with E-state index in [1.54, 1.807) is 7.11 Å². The molecule has 0 fully saturated rings. The normalized spacial score (nSPS) is 10.6. The summed E-state index contributed by atoms with van der Waals surface area (Å²) in [5.74, 6) is 0.216. The molecular weight excluding hydrogens is 228 g/mol. The van der Waals surface area contributed by atoms with Crippen LogP contribution in [0.25, 0.3) is 0 Å². The predicted octanol–water partition coefficient (Wildman–Crippen LogP) is 2.17. The van der Waals surface area contributed by atoms with Gasteiger partial charge in [-0.2, -0.15) is 0 Å². The Hall–Kier alpha value is -0.610.